The van der Waals surface area contributed by atoms with Gasteiger partial charge in [0.1, 0.15) is 6.61 Å². The third-order valence-corrected chi connectivity index (χ3v) is 4.12. The van der Waals surface area contributed by atoms with E-state index in [1.807, 2.05) is 43.3 Å². The summed E-state index contributed by atoms with van der Waals surface area (Å²) in [5.41, 5.74) is 2.08. The number of aryl methyl sites for hydroxylation is 1. The van der Waals surface area contributed by atoms with E-state index >= 15 is 0 Å². The van der Waals surface area contributed by atoms with E-state index in [9.17, 15) is 4.79 Å². The molecule has 0 spiro atoms. The zero-order chi connectivity index (χ0) is 18.4. The summed E-state index contributed by atoms with van der Waals surface area (Å²) in [6.45, 7) is 2.57. The number of carbonyl (C=O) groups is 1. The third-order valence-electron chi connectivity index (χ3n) is 4.12. The molecule has 0 fully saturated rings. The van der Waals surface area contributed by atoms with Crippen LogP contribution in [0.4, 0.5) is 0 Å². The van der Waals surface area contributed by atoms with Gasteiger partial charge in [-0.3, -0.25) is 4.79 Å². The summed E-state index contributed by atoms with van der Waals surface area (Å²) >= 11 is 0. The third kappa shape index (κ3) is 4.53. The average molecular weight is 357 g/mol. The summed E-state index contributed by atoms with van der Waals surface area (Å²) < 4.78 is 17.0. The van der Waals surface area contributed by atoms with Gasteiger partial charge in [-0.15, -0.1) is 0 Å². The minimum atomic E-state index is -0.707. The van der Waals surface area contributed by atoms with Crippen LogP contribution in [0.5, 0.6) is 11.5 Å². The lowest BCUT2D eigenvalue weighted by molar-refractivity contribution is -0.131. The SMILES string of the molecule is Cc1ccc(C(CNC(=O)C2COc3ccccc3O2)OCCO)cc1. The highest BCUT2D eigenvalue weighted by atomic mass is 16.6. The molecule has 2 N–H and O–H groups in total. The molecule has 0 aliphatic carbocycles. The lowest BCUT2D eigenvalue weighted by Gasteiger charge is -2.26. The predicted octanol–water partition coefficient (Wildman–Crippen LogP) is 2.00. The van der Waals surface area contributed by atoms with Gasteiger partial charge in [0.25, 0.3) is 5.91 Å². The van der Waals surface area contributed by atoms with Gasteiger partial charge in [-0.25, -0.2) is 0 Å². The summed E-state index contributed by atoms with van der Waals surface area (Å²) in [5, 5.41) is 11.9. The average Bonchev–Trinajstić information content (AvgIpc) is 2.68. The number of amides is 1. The molecule has 0 aromatic heterocycles. The fraction of sp³-hybridized carbons (Fsp3) is 0.350. The van der Waals surface area contributed by atoms with Crippen LogP contribution in [0.2, 0.25) is 0 Å². The molecule has 2 aromatic carbocycles. The Morgan fingerprint density at radius 3 is 2.69 bits per heavy atom. The van der Waals surface area contributed by atoms with Gasteiger partial charge in [0.05, 0.1) is 19.3 Å². The maximum absolute atomic E-state index is 12.5. The summed E-state index contributed by atoms with van der Waals surface area (Å²) in [6.07, 6.45) is -1.05. The van der Waals surface area contributed by atoms with E-state index in [-0.39, 0.29) is 38.4 Å². The smallest absolute Gasteiger partial charge is 0.264 e. The van der Waals surface area contributed by atoms with Crippen molar-refractivity contribution in [2.75, 3.05) is 26.4 Å². The Balaban J connectivity index is 1.59. The number of para-hydroxylation sites is 2. The number of rotatable bonds is 7. The van der Waals surface area contributed by atoms with Gasteiger partial charge >= 0.3 is 0 Å². The Hall–Kier alpha value is -2.57. The van der Waals surface area contributed by atoms with E-state index in [4.69, 9.17) is 19.3 Å². The molecule has 6 heteroatoms. The minimum Gasteiger partial charge on any atom is -0.485 e. The molecule has 1 aliphatic heterocycles. The van der Waals surface area contributed by atoms with Gasteiger partial charge in [0.15, 0.2) is 11.5 Å². The van der Waals surface area contributed by atoms with Crippen LogP contribution in [0, 0.1) is 6.92 Å². The number of hydrogen-bond donors (Lipinski definition) is 2. The van der Waals surface area contributed by atoms with Crippen LogP contribution >= 0.6 is 0 Å². The van der Waals surface area contributed by atoms with Crippen molar-refractivity contribution < 1.29 is 24.1 Å². The number of aliphatic hydroxyl groups excluding tert-OH is 1. The van der Waals surface area contributed by atoms with E-state index in [1.54, 1.807) is 12.1 Å². The first-order valence-electron chi connectivity index (χ1n) is 8.62. The number of hydrogen-bond acceptors (Lipinski definition) is 5. The molecule has 1 aliphatic rings. The highest BCUT2D eigenvalue weighted by Crippen LogP contribution is 2.30. The molecule has 138 valence electrons. The zero-order valence-corrected chi connectivity index (χ0v) is 14.7. The Kier molecular flexibility index (Phi) is 6.09. The Morgan fingerprint density at radius 2 is 1.96 bits per heavy atom. The molecule has 1 heterocycles. The van der Waals surface area contributed by atoms with Crippen LogP contribution in [0.3, 0.4) is 0 Å². The van der Waals surface area contributed by atoms with Gasteiger partial charge < -0.3 is 24.6 Å². The van der Waals surface area contributed by atoms with Crippen molar-refractivity contribution in [2.24, 2.45) is 0 Å². The largest absolute Gasteiger partial charge is 0.485 e. The maximum Gasteiger partial charge on any atom is 0.264 e. The Labute approximate surface area is 152 Å². The number of benzene rings is 2. The van der Waals surface area contributed by atoms with Gasteiger partial charge in [-0.2, -0.15) is 0 Å². The molecule has 26 heavy (non-hydrogen) atoms. The predicted molar refractivity (Wildman–Crippen MR) is 96.3 cm³/mol. The topological polar surface area (TPSA) is 77.0 Å². The monoisotopic (exact) mass is 357 g/mol. The van der Waals surface area contributed by atoms with E-state index < -0.39 is 6.10 Å². The van der Waals surface area contributed by atoms with Crippen molar-refractivity contribution in [3.05, 3.63) is 59.7 Å². The van der Waals surface area contributed by atoms with Crippen molar-refractivity contribution in [3.8, 4) is 11.5 Å². The molecule has 0 bridgehead atoms. The molecule has 0 radical (unpaired) electrons. The summed E-state index contributed by atoms with van der Waals surface area (Å²) in [6, 6.07) is 15.2. The first kappa shape index (κ1) is 18.2. The van der Waals surface area contributed by atoms with Crippen molar-refractivity contribution in [3.63, 3.8) is 0 Å². The summed E-state index contributed by atoms with van der Waals surface area (Å²) in [5.74, 6) is 0.940. The summed E-state index contributed by atoms with van der Waals surface area (Å²) in [4.78, 5) is 12.5. The van der Waals surface area contributed by atoms with Gasteiger partial charge in [-0.1, -0.05) is 42.0 Å². The number of nitrogens with one attached hydrogen (secondary N) is 1. The fourth-order valence-electron chi connectivity index (χ4n) is 2.70. The first-order chi connectivity index (χ1) is 12.7. The highest BCUT2D eigenvalue weighted by Gasteiger charge is 2.27. The molecule has 0 saturated heterocycles. The molecular formula is C20H23NO5. The fourth-order valence-corrected chi connectivity index (χ4v) is 2.70. The molecule has 2 unspecified atom stereocenters. The molecule has 1 amide bonds. The van der Waals surface area contributed by atoms with E-state index in [0.29, 0.717) is 11.5 Å². The van der Waals surface area contributed by atoms with Gasteiger partial charge in [-0.05, 0) is 24.6 Å². The van der Waals surface area contributed by atoms with Crippen LogP contribution in [0.1, 0.15) is 17.2 Å². The van der Waals surface area contributed by atoms with Crippen molar-refractivity contribution >= 4 is 5.91 Å². The van der Waals surface area contributed by atoms with Crippen LogP contribution < -0.4 is 14.8 Å². The van der Waals surface area contributed by atoms with Crippen LogP contribution in [-0.4, -0.2) is 43.5 Å². The standard InChI is InChI=1S/C20H23NO5/c1-14-6-8-15(9-7-14)18(24-11-10-22)12-21-20(23)19-13-25-16-4-2-3-5-17(16)26-19/h2-9,18-19,22H,10-13H2,1H3,(H,21,23). The second-order valence-corrected chi connectivity index (χ2v) is 6.10. The Morgan fingerprint density at radius 1 is 1.23 bits per heavy atom. The van der Waals surface area contributed by atoms with E-state index in [0.717, 1.165) is 11.1 Å². The second-order valence-electron chi connectivity index (χ2n) is 6.10. The van der Waals surface area contributed by atoms with Crippen LogP contribution in [-0.2, 0) is 9.53 Å². The number of fused-ring (bicyclic) bond motifs is 1. The Bertz CT molecular complexity index is 731. The lowest BCUT2D eigenvalue weighted by atomic mass is 10.1. The quantitative estimate of drug-likeness (QED) is 0.793. The maximum atomic E-state index is 12.5. The number of carbonyl (C=O) groups excluding carboxylic acids is 1. The van der Waals surface area contributed by atoms with Gasteiger partial charge in [0.2, 0.25) is 6.10 Å². The molecule has 2 atom stereocenters. The zero-order valence-electron chi connectivity index (χ0n) is 14.7. The number of ether oxygens (including phenoxy) is 3. The molecule has 0 saturated carbocycles. The van der Waals surface area contributed by atoms with E-state index in [2.05, 4.69) is 5.32 Å². The molecule has 3 rings (SSSR count). The van der Waals surface area contributed by atoms with Crippen molar-refractivity contribution in [1.29, 1.82) is 0 Å². The minimum absolute atomic E-state index is 0.0767. The highest BCUT2D eigenvalue weighted by molar-refractivity contribution is 5.81. The second kappa shape index (κ2) is 8.69. The van der Waals surface area contributed by atoms with Crippen molar-refractivity contribution in [1.82, 2.24) is 5.32 Å². The normalized spacial score (nSPS) is 16.8. The van der Waals surface area contributed by atoms with Crippen molar-refractivity contribution in [2.45, 2.75) is 19.1 Å². The number of aliphatic hydroxyl groups is 1. The van der Waals surface area contributed by atoms with Crippen LogP contribution in [0.25, 0.3) is 0 Å². The van der Waals surface area contributed by atoms with Gasteiger partial charge in [0, 0.05) is 6.54 Å². The lowest BCUT2D eigenvalue weighted by Crippen LogP contribution is -2.45. The molecule has 2 aromatic rings. The van der Waals surface area contributed by atoms with E-state index in [1.165, 1.54) is 0 Å². The first-order valence-corrected chi connectivity index (χ1v) is 8.62. The van der Waals surface area contributed by atoms with Crippen LogP contribution in [0.15, 0.2) is 48.5 Å². The molecular weight excluding hydrogens is 334 g/mol. The molecule has 6 nitrogen and oxygen atoms in total. The summed E-state index contributed by atoms with van der Waals surface area (Å²) in [7, 11) is 0.